The zero-order valence-corrected chi connectivity index (χ0v) is 12.6. The Kier molecular flexibility index (Phi) is 7.92. The molecular weight excluding hydrogens is 292 g/mol. The summed E-state index contributed by atoms with van der Waals surface area (Å²) in [6.45, 7) is 3.98. The molecule has 0 aliphatic rings. The number of nitrogens with one attached hydrogen (secondary N) is 2. The molecule has 8 heteroatoms. The van der Waals surface area contributed by atoms with Gasteiger partial charge < -0.3 is 10.1 Å². The number of hydrazone groups is 1. The number of hydrogen-bond donors (Lipinski definition) is 2. The Morgan fingerprint density at radius 1 is 1.52 bits per heavy atom. The minimum atomic E-state index is -0.453. The first-order valence-corrected chi connectivity index (χ1v) is 6.94. The SMILES string of the molecule is CCOCCCNC(=S)N/N=C\c1ccccc1[N+](=O)[O-]. The van der Waals surface area contributed by atoms with E-state index in [9.17, 15) is 10.1 Å². The molecular formula is C13H18N4O3S. The van der Waals surface area contributed by atoms with Crippen molar-refractivity contribution < 1.29 is 9.66 Å². The highest BCUT2D eigenvalue weighted by molar-refractivity contribution is 7.80. The molecule has 1 rings (SSSR count). The molecule has 0 fully saturated rings. The van der Waals surface area contributed by atoms with Crippen LogP contribution in [0, 0.1) is 10.1 Å². The maximum Gasteiger partial charge on any atom is 0.278 e. The predicted octanol–water partition coefficient (Wildman–Crippen LogP) is 1.82. The zero-order valence-electron chi connectivity index (χ0n) is 11.7. The normalized spacial score (nSPS) is 10.5. The van der Waals surface area contributed by atoms with E-state index in [1.54, 1.807) is 18.2 Å². The first-order chi connectivity index (χ1) is 10.1. The fourth-order valence-electron chi connectivity index (χ4n) is 1.48. The second kappa shape index (κ2) is 9.78. The monoisotopic (exact) mass is 310 g/mol. The van der Waals surface area contributed by atoms with Gasteiger partial charge in [0.15, 0.2) is 5.11 Å². The smallest absolute Gasteiger partial charge is 0.278 e. The van der Waals surface area contributed by atoms with E-state index >= 15 is 0 Å². The van der Waals surface area contributed by atoms with Gasteiger partial charge in [-0.1, -0.05) is 12.1 Å². The number of thiocarbonyl (C=S) groups is 1. The van der Waals surface area contributed by atoms with Crippen LogP contribution in [0.25, 0.3) is 0 Å². The van der Waals surface area contributed by atoms with E-state index in [1.165, 1.54) is 12.3 Å². The zero-order chi connectivity index (χ0) is 15.5. The molecule has 0 aliphatic heterocycles. The van der Waals surface area contributed by atoms with Crippen molar-refractivity contribution >= 4 is 29.2 Å². The van der Waals surface area contributed by atoms with Crippen LogP contribution in [0.3, 0.4) is 0 Å². The van der Waals surface area contributed by atoms with Crippen LogP contribution in [0.1, 0.15) is 18.9 Å². The topological polar surface area (TPSA) is 88.8 Å². The van der Waals surface area contributed by atoms with Crippen LogP contribution in [0.2, 0.25) is 0 Å². The maximum atomic E-state index is 10.8. The lowest BCUT2D eigenvalue weighted by atomic mass is 10.2. The lowest BCUT2D eigenvalue weighted by Gasteiger charge is -2.06. The molecule has 0 unspecified atom stereocenters. The number of rotatable bonds is 8. The van der Waals surface area contributed by atoms with Crippen LogP contribution in [-0.2, 0) is 4.74 Å². The van der Waals surface area contributed by atoms with Gasteiger partial charge in [0.25, 0.3) is 5.69 Å². The number of hydrogen-bond acceptors (Lipinski definition) is 5. The number of benzene rings is 1. The van der Waals surface area contributed by atoms with Gasteiger partial charge in [0.05, 0.1) is 16.7 Å². The van der Waals surface area contributed by atoms with E-state index in [0.717, 1.165) is 6.42 Å². The van der Waals surface area contributed by atoms with Crippen LogP contribution in [-0.4, -0.2) is 36.0 Å². The van der Waals surface area contributed by atoms with Crippen LogP contribution in [0.15, 0.2) is 29.4 Å². The fourth-order valence-corrected chi connectivity index (χ4v) is 1.64. The van der Waals surface area contributed by atoms with E-state index in [2.05, 4.69) is 15.8 Å². The first-order valence-electron chi connectivity index (χ1n) is 6.53. The second-order valence-corrected chi connectivity index (χ2v) is 4.40. The third kappa shape index (κ3) is 6.77. The van der Waals surface area contributed by atoms with Crippen LogP contribution in [0.4, 0.5) is 5.69 Å². The van der Waals surface area contributed by atoms with Crippen LogP contribution < -0.4 is 10.7 Å². The van der Waals surface area contributed by atoms with Gasteiger partial charge in [0.1, 0.15) is 0 Å². The van der Waals surface area contributed by atoms with Crippen molar-refractivity contribution in [2.24, 2.45) is 5.10 Å². The molecule has 1 aromatic carbocycles. The largest absolute Gasteiger partial charge is 0.382 e. The van der Waals surface area contributed by atoms with Crippen LogP contribution in [0.5, 0.6) is 0 Å². The molecule has 2 N–H and O–H groups in total. The van der Waals surface area contributed by atoms with Crippen molar-refractivity contribution in [3.8, 4) is 0 Å². The highest BCUT2D eigenvalue weighted by Gasteiger charge is 2.09. The van der Waals surface area contributed by atoms with Gasteiger partial charge in [-0.3, -0.25) is 15.5 Å². The minimum absolute atomic E-state index is 0.00126. The lowest BCUT2D eigenvalue weighted by Crippen LogP contribution is -2.33. The molecule has 0 bridgehead atoms. The van der Waals surface area contributed by atoms with Crippen molar-refractivity contribution in [2.45, 2.75) is 13.3 Å². The molecule has 0 amide bonds. The van der Waals surface area contributed by atoms with Gasteiger partial charge in [-0.05, 0) is 31.6 Å². The molecule has 0 radical (unpaired) electrons. The van der Waals surface area contributed by atoms with E-state index in [0.29, 0.717) is 30.4 Å². The summed E-state index contributed by atoms with van der Waals surface area (Å²) in [5.41, 5.74) is 3.02. The number of nitrogens with zero attached hydrogens (tertiary/aromatic N) is 2. The average Bonchev–Trinajstić information content (AvgIpc) is 2.47. The number of nitro benzene ring substituents is 1. The summed E-state index contributed by atoms with van der Waals surface area (Å²) in [4.78, 5) is 10.4. The second-order valence-electron chi connectivity index (χ2n) is 3.99. The molecule has 0 saturated heterocycles. The highest BCUT2D eigenvalue weighted by atomic mass is 32.1. The van der Waals surface area contributed by atoms with Gasteiger partial charge in [-0.2, -0.15) is 5.10 Å². The van der Waals surface area contributed by atoms with Crippen molar-refractivity contribution in [3.63, 3.8) is 0 Å². The molecule has 0 heterocycles. The molecule has 0 aromatic heterocycles. The molecule has 0 aliphatic carbocycles. The van der Waals surface area contributed by atoms with Gasteiger partial charge >= 0.3 is 0 Å². The summed E-state index contributed by atoms with van der Waals surface area (Å²) in [6, 6.07) is 6.35. The average molecular weight is 310 g/mol. The standard InChI is InChI=1S/C13H18N4O3S/c1-2-20-9-5-8-14-13(21)16-15-10-11-6-3-4-7-12(11)17(18)19/h3-4,6-7,10H,2,5,8-9H2,1H3,(H2,14,16,21)/b15-10-. The maximum absolute atomic E-state index is 10.8. The lowest BCUT2D eigenvalue weighted by molar-refractivity contribution is -0.385. The first kappa shape index (κ1) is 17.0. The van der Waals surface area contributed by atoms with E-state index < -0.39 is 4.92 Å². The third-order valence-corrected chi connectivity index (χ3v) is 2.69. The summed E-state index contributed by atoms with van der Waals surface area (Å²) in [6.07, 6.45) is 2.20. The number of para-hydroxylation sites is 1. The summed E-state index contributed by atoms with van der Waals surface area (Å²) in [5, 5.41) is 18.0. The van der Waals surface area contributed by atoms with Crippen molar-refractivity contribution in [3.05, 3.63) is 39.9 Å². The summed E-state index contributed by atoms with van der Waals surface area (Å²) in [5.74, 6) is 0. The number of nitro groups is 1. The molecule has 0 atom stereocenters. The predicted molar refractivity (Wildman–Crippen MR) is 85.5 cm³/mol. The van der Waals surface area contributed by atoms with E-state index in [4.69, 9.17) is 17.0 Å². The third-order valence-electron chi connectivity index (χ3n) is 2.46. The molecule has 0 saturated carbocycles. The van der Waals surface area contributed by atoms with Crippen LogP contribution >= 0.6 is 12.2 Å². The molecule has 21 heavy (non-hydrogen) atoms. The molecule has 114 valence electrons. The van der Waals surface area contributed by atoms with Crippen molar-refractivity contribution in [1.82, 2.24) is 10.7 Å². The summed E-state index contributed by atoms with van der Waals surface area (Å²) < 4.78 is 5.19. The van der Waals surface area contributed by atoms with Gasteiger partial charge in [-0.15, -0.1) is 0 Å². The summed E-state index contributed by atoms with van der Waals surface area (Å²) in [7, 11) is 0. The molecule has 0 spiro atoms. The van der Waals surface area contributed by atoms with Gasteiger partial charge in [0, 0.05) is 25.8 Å². The fraction of sp³-hybridized carbons (Fsp3) is 0.385. The molecule has 7 nitrogen and oxygen atoms in total. The van der Waals surface area contributed by atoms with E-state index in [1.807, 2.05) is 6.92 Å². The Balaban J connectivity index is 2.37. The Bertz CT molecular complexity index is 508. The van der Waals surface area contributed by atoms with Gasteiger partial charge in [-0.25, -0.2) is 0 Å². The Hall–Kier alpha value is -2.06. The van der Waals surface area contributed by atoms with E-state index in [-0.39, 0.29) is 5.69 Å². The van der Waals surface area contributed by atoms with Crippen molar-refractivity contribution in [2.75, 3.05) is 19.8 Å². The quantitative estimate of drug-likeness (QED) is 0.250. The van der Waals surface area contributed by atoms with Gasteiger partial charge in [0.2, 0.25) is 0 Å². The minimum Gasteiger partial charge on any atom is -0.382 e. The summed E-state index contributed by atoms with van der Waals surface area (Å²) >= 11 is 5.02. The Labute approximate surface area is 128 Å². The Morgan fingerprint density at radius 3 is 3.00 bits per heavy atom. The van der Waals surface area contributed by atoms with Crippen molar-refractivity contribution in [1.29, 1.82) is 0 Å². The Morgan fingerprint density at radius 2 is 2.29 bits per heavy atom. The molecule has 1 aromatic rings. The highest BCUT2D eigenvalue weighted by Crippen LogP contribution is 2.14. The number of ether oxygens (including phenoxy) is 1.